The minimum absolute atomic E-state index is 0.0313. The molecular formula is C22H14F2N4O3S. The number of hydrogen-bond acceptors (Lipinski definition) is 6. The van der Waals surface area contributed by atoms with Crippen LogP contribution in [0.4, 0.5) is 13.9 Å². The highest BCUT2D eigenvalue weighted by molar-refractivity contribution is 7.22. The Hall–Kier alpha value is -3.92. The molecule has 0 unspecified atom stereocenters. The van der Waals surface area contributed by atoms with Crippen LogP contribution in [0.2, 0.25) is 0 Å². The number of amides is 1. The van der Waals surface area contributed by atoms with Crippen LogP contribution in [0.1, 0.15) is 5.69 Å². The molecule has 0 N–H and O–H groups in total. The lowest BCUT2D eigenvalue weighted by Gasteiger charge is -2.19. The number of aromatic nitrogens is 3. The second-order valence-electron chi connectivity index (χ2n) is 6.95. The summed E-state index contributed by atoms with van der Waals surface area (Å²) in [5.74, 6) is -2.70. The van der Waals surface area contributed by atoms with Crippen LogP contribution in [0.15, 0.2) is 70.0 Å². The van der Waals surface area contributed by atoms with Gasteiger partial charge in [-0.2, -0.15) is 0 Å². The van der Waals surface area contributed by atoms with E-state index in [1.807, 2.05) is 0 Å². The zero-order chi connectivity index (χ0) is 22.2. The van der Waals surface area contributed by atoms with Crippen molar-refractivity contribution < 1.29 is 18.0 Å². The molecule has 5 aromatic rings. The first kappa shape index (κ1) is 20.0. The number of oxazole rings is 1. The fourth-order valence-corrected chi connectivity index (χ4v) is 4.38. The van der Waals surface area contributed by atoms with Gasteiger partial charge in [-0.1, -0.05) is 29.5 Å². The van der Waals surface area contributed by atoms with E-state index < -0.39 is 23.3 Å². The second kappa shape index (κ2) is 7.97. The number of nitrogens with zero attached hydrogens (tertiary/aromatic N) is 4. The molecule has 3 aromatic heterocycles. The lowest BCUT2D eigenvalue weighted by molar-refractivity contribution is -0.119. The van der Waals surface area contributed by atoms with E-state index in [2.05, 4.69) is 9.97 Å². The molecule has 10 heteroatoms. The quantitative estimate of drug-likeness (QED) is 0.401. The Balaban J connectivity index is 1.56. The van der Waals surface area contributed by atoms with Crippen molar-refractivity contribution in [3.63, 3.8) is 0 Å². The van der Waals surface area contributed by atoms with E-state index in [1.165, 1.54) is 9.47 Å². The number of anilines is 1. The fraction of sp³-hybridized carbons (Fsp3) is 0.0909. The molecule has 0 fully saturated rings. The highest BCUT2D eigenvalue weighted by atomic mass is 32.1. The summed E-state index contributed by atoms with van der Waals surface area (Å²) in [6, 6.07) is 13.9. The predicted octanol–water partition coefficient (Wildman–Crippen LogP) is 4.11. The van der Waals surface area contributed by atoms with Crippen molar-refractivity contribution in [2.45, 2.75) is 13.1 Å². The number of thiazole rings is 1. The van der Waals surface area contributed by atoms with E-state index in [0.29, 0.717) is 16.8 Å². The average molecular weight is 452 g/mol. The summed E-state index contributed by atoms with van der Waals surface area (Å²) in [5, 5.41) is 0.168. The summed E-state index contributed by atoms with van der Waals surface area (Å²) in [6.07, 6.45) is 1.58. The van der Waals surface area contributed by atoms with Crippen molar-refractivity contribution in [1.82, 2.24) is 14.5 Å². The third kappa shape index (κ3) is 3.65. The van der Waals surface area contributed by atoms with Crippen molar-refractivity contribution >= 4 is 43.7 Å². The lowest BCUT2D eigenvalue weighted by Crippen LogP contribution is -2.35. The van der Waals surface area contributed by atoms with Crippen molar-refractivity contribution in [3.05, 3.63) is 88.7 Å². The van der Waals surface area contributed by atoms with Gasteiger partial charge < -0.3 is 4.42 Å². The van der Waals surface area contributed by atoms with Crippen LogP contribution in [-0.2, 0) is 17.9 Å². The van der Waals surface area contributed by atoms with E-state index in [0.717, 1.165) is 23.5 Å². The molecule has 160 valence electrons. The van der Waals surface area contributed by atoms with E-state index in [-0.39, 0.29) is 28.4 Å². The molecule has 2 aromatic carbocycles. The Kier molecular flexibility index (Phi) is 4.98. The second-order valence-corrected chi connectivity index (χ2v) is 7.96. The monoisotopic (exact) mass is 452 g/mol. The van der Waals surface area contributed by atoms with Gasteiger partial charge in [-0.25, -0.2) is 18.6 Å². The molecule has 0 aliphatic heterocycles. The molecule has 0 atom stereocenters. The van der Waals surface area contributed by atoms with Gasteiger partial charge in [-0.05, 0) is 30.3 Å². The fourth-order valence-electron chi connectivity index (χ4n) is 3.36. The zero-order valence-corrected chi connectivity index (χ0v) is 17.2. The summed E-state index contributed by atoms with van der Waals surface area (Å²) in [4.78, 5) is 35.4. The maximum Gasteiger partial charge on any atom is 0.420 e. The largest absolute Gasteiger partial charge is 0.420 e. The molecule has 0 aliphatic rings. The van der Waals surface area contributed by atoms with Crippen LogP contribution in [0.3, 0.4) is 0 Å². The minimum Gasteiger partial charge on any atom is -0.408 e. The molecule has 7 nitrogen and oxygen atoms in total. The van der Waals surface area contributed by atoms with Gasteiger partial charge in [0.15, 0.2) is 16.5 Å². The number of fused-ring (bicyclic) bond motifs is 2. The summed E-state index contributed by atoms with van der Waals surface area (Å²) >= 11 is 0.977. The topological polar surface area (TPSA) is 81.2 Å². The van der Waals surface area contributed by atoms with E-state index >= 15 is 0 Å². The van der Waals surface area contributed by atoms with Crippen molar-refractivity contribution in [3.8, 4) is 0 Å². The molecule has 0 saturated heterocycles. The van der Waals surface area contributed by atoms with Gasteiger partial charge in [-0.3, -0.25) is 19.2 Å². The number of benzene rings is 2. The van der Waals surface area contributed by atoms with Crippen LogP contribution in [0.5, 0.6) is 0 Å². The normalized spacial score (nSPS) is 11.3. The molecule has 0 saturated carbocycles. The first-order chi connectivity index (χ1) is 15.5. The van der Waals surface area contributed by atoms with Crippen molar-refractivity contribution in [2.75, 3.05) is 4.90 Å². The van der Waals surface area contributed by atoms with Gasteiger partial charge in [-0.15, -0.1) is 0 Å². The van der Waals surface area contributed by atoms with E-state index in [1.54, 1.807) is 48.7 Å². The molecule has 0 aliphatic carbocycles. The number of para-hydroxylation sites is 2. The standard InChI is InChI=1S/C22H14F2N4O3S/c23-13-9-15(24)20-18(10-13)32-21(26-20)28(11-14-5-3-4-8-25-14)19(29)12-27-16-6-1-2-7-17(16)31-22(27)30/h1-10H,11-12H2. The number of halogens is 2. The first-order valence-corrected chi connectivity index (χ1v) is 10.4. The smallest absolute Gasteiger partial charge is 0.408 e. The Bertz CT molecular complexity index is 1510. The lowest BCUT2D eigenvalue weighted by atomic mass is 10.3. The predicted molar refractivity (Wildman–Crippen MR) is 115 cm³/mol. The Morgan fingerprint density at radius 3 is 2.75 bits per heavy atom. The number of carbonyl (C=O) groups excluding carboxylic acids is 1. The van der Waals surface area contributed by atoms with Crippen molar-refractivity contribution in [2.24, 2.45) is 0 Å². The molecule has 1 amide bonds. The zero-order valence-electron chi connectivity index (χ0n) is 16.4. The van der Waals surface area contributed by atoms with Gasteiger partial charge in [0.1, 0.15) is 17.9 Å². The molecular weight excluding hydrogens is 438 g/mol. The molecule has 0 bridgehead atoms. The molecule has 3 heterocycles. The molecule has 5 rings (SSSR count). The summed E-state index contributed by atoms with van der Waals surface area (Å²) in [6.45, 7) is -0.288. The first-order valence-electron chi connectivity index (χ1n) is 9.54. The minimum atomic E-state index is -0.815. The van der Waals surface area contributed by atoms with Crippen LogP contribution in [0.25, 0.3) is 21.3 Å². The third-order valence-electron chi connectivity index (χ3n) is 4.85. The molecule has 0 spiro atoms. The maximum atomic E-state index is 14.2. The van der Waals surface area contributed by atoms with Crippen LogP contribution in [0, 0.1) is 11.6 Å². The number of carbonyl (C=O) groups is 1. The highest BCUT2D eigenvalue weighted by Crippen LogP contribution is 2.32. The number of rotatable bonds is 5. The van der Waals surface area contributed by atoms with Gasteiger partial charge in [0, 0.05) is 12.3 Å². The number of pyridine rings is 1. The summed E-state index contributed by atoms with van der Waals surface area (Å²) in [7, 11) is 0. The van der Waals surface area contributed by atoms with Crippen LogP contribution < -0.4 is 10.7 Å². The Morgan fingerprint density at radius 1 is 1.12 bits per heavy atom. The summed E-state index contributed by atoms with van der Waals surface area (Å²) in [5.41, 5.74) is 1.37. The van der Waals surface area contributed by atoms with Gasteiger partial charge in [0.05, 0.1) is 22.5 Å². The number of hydrogen-bond donors (Lipinski definition) is 0. The highest BCUT2D eigenvalue weighted by Gasteiger charge is 2.24. The molecule has 32 heavy (non-hydrogen) atoms. The van der Waals surface area contributed by atoms with Gasteiger partial charge >= 0.3 is 5.76 Å². The Labute approximate surface area is 183 Å². The molecule has 0 radical (unpaired) electrons. The third-order valence-corrected chi connectivity index (χ3v) is 5.87. The van der Waals surface area contributed by atoms with Gasteiger partial charge in [0.25, 0.3) is 0 Å². The summed E-state index contributed by atoms with van der Waals surface area (Å²) < 4.78 is 34.6. The van der Waals surface area contributed by atoms with Crippen molar-refractivity contribution in [1.29, 1.82) is 0 Å². The Morgan fingerprint density at radius 2 is 1.94 bits per heavy atom. The van der Waals surface area contributed by atoms with Crippen LogP contribution in [-0.4, -0.2) is 20.4 Å². The average Bonchev–Trinajstić information content (AvgIpc) is 3.34. The van der Waals surface area contributed by atoms with E-state index in [4.69, 9.17) is 4.42 Å². The maximum absolute atomic E-state index is 14.2. The van der Waals surface area contributed by atoms with Gasteiger partial charge in [0.2, 0.25) is 5.91 Å². The van der Waals surface area contributed by atoms with E-state index in [9.17, 15) is 18.4 Å². The van der Waals surface area contributed by atoms with Crippen LogP contribution >= 0.6 is 11.3 Å². The SMILES string of the molecule is O=C(Cn1c(=O)oc2ccccc21)N(Cc1ccccn1)c1nc2c(F)cc(F)cc2s1.